The molecule has 0 bridgehead atoms. The van der Waals surface area contributed by atoms with Crippen molar-refractivity contribution >= 4 is 23.4 Å². The van der Waals surface area contributed by atoms with Gasteiger partial charge in [-0.1, -0.05) is 42.5 Å². The fraction of sp³-hybridized carbons (Fsp3) is 0.160. The van der Waals surface area contributed by atoms with E-state index in [4.69, 9.17) is 0 Å². The molecule has 3 amide bonds. The Morgan fingerprint density at radius 3 is 1.94 bits per heavy atom. The summed E-state index contributed by atoms with van der Waals surface area (Å²) in [5, 5.41) is 2.40. The second kappa shape index (κ2) is 9.60. The maximum Gasteiger partial charge on any atom is 0.312 e. The van der Waals surface area contributed by atoms with Crippen LogP contribution in [-0.4, -0.2) is 40.6 Å². The summed E-state index contributed by atoms with van der Waals surface area (Å²) in [6, 6.07) is 18.8. The molecule has 0 saturated carbocycles. The van der Waals surface area contributed by atoms with Crippen LogP contribution >= 0.6 is 0 Å². The van der Waals surface area contributed by atoms with E-state index in [1.165, 1.54) is 9.80 Å². The summed E-state index contributed by atoms with van der Waals surface area (Å²) < 4.78 is 26.8. The molecule has 6 nitrogen and oxygen atoms in total. The van der Waals surface area contributed by atoms with Gasteiger partial charge < -0.3 is 15.1 Å². The zero-order chi connectivity index (χ0) is 23.4. The van der Waals surface area contributed by atoms with Crippen LogP contribution in [0.5, 0.6) is 0 Å². The summed E-state index contributed by atoms with van der Waals surface area (Å²) in [6.07, 6.45) is 0. The van der Waals surface area contributed by atoms with Crippen molar-refractivity contribution in [3.05, 3.63) is 101 Å². The fourth-order valence-electron chi connectivity index (χ4n) is 3.59. The highest BCUT2D eigenvalue weighted by Crippen LogP contribution is 2.18. The van der Waals surface area contributed by atoms with Crippen molar-refractivity contribution in [2.24, 2.45) is 0 Å². The van der Waals surface area contributed by atoms with Gasteiger partial charge in [0.2, 0.25) is 0 Å². The number of hydrogen-bond acceptors (Lipinski definition) is 3. The number of amides is 3. The first-order chi connectivity index (χ1) is 15.9. The molecule has 0 spiro atoms. The Labute approximate surface area is 189 Å². The van der Waals surface area contributed by atoms with E-state index < -0.39 is 29.4 Å². The van der Waals surface area contributed by atoms with Crippen LogP contribution in [0.2, 0.25) is 0 Å². The lowest BCUT2D eigenvalue weighted by Gasteiger charge is -2.33. The van der Waals surface area contributed by atoms with E-state index in [0.717, 1.165) is 23.3 Å². The number of rotatable bonds is 6. The van der Waals surface area contributed by atoms with Crippen molar-refractivity contribution in [2.75, 3.05) is 18.4 Å². The van der Waals surface area contributed by atoms with Gasteiger partial charge in [0.05, 0.1) is 5.69 Å². The average Bonchev–Trinajstić information content (AvgIpc) is 2.82. The van der Waals surface area contributed by atoms with E-state index in [1.807, 2.05) is 30.3 Å². The lowest BCUT2D eigenvalue weighted by molar-refractivity contribution is -0.156. The third-order valence-corrected chi connectivity index (χ3v) is 5.38. The summed E-state index contributed by atoms with van der Waals surface area (Å²) >= 11 is 0. The molecule has 1 aliphatic rings. The molecule has 1 saturated heterocycles. The van der Waals surface area contributed by atoms with E-state index >= 15 is 0 Å². The van der Waals surface area contributed by atoms with Gasteiger partial charge in [-0.25, -0.2) is 8.78 Å². The standard InChI is InChI=1S/C25H21F2N3O3/c26-20-10-11-22(21(27)14-20)28-23(31)19-8-6-18(7-9-19)16-30-13-12-29(24(32)25(30)33)15-17-4-2-1-3-5-17/h1-11,14H,12-13,15-16H2,(H,28,31). The van der Waals surface area contributed by atoms with E-state index in [9.17, 15) is 23.2 Å². The van der Waals surface area contributed by atoms with E-state index in [0.29, 0.717) is 25.7 Å². The summed E-state index contributed by atoms with van der Waals surface area (Å²) in [5.74, 6) is -3.25. The van der Waals surface area contributed by atoms with Crippen LogP contribution in [0.1, 0.15) is 21.5 Å². The predicted octanol–water partition coefficient (Wildman–Crippen LogP) is 3.59. The maximum atomic E-state index is 13.7. The van der Waals surface area contributed by atoms with Crippen LogP contribution in [0.3, 0.4) is 0 Å². The number of nitrogens with one attached hydrogen (secondary N) is 1. The minimum atomic E-state index is -0.866. The zero-order valence-corrected chi connectivity index (χ0v) is 17.6. The van der Waals surface area contributed by atoms with Gasteiger partial charge in [-0.15, -0.1) is 0 Å². The Morgan fingerprint density at radius 2 is 1.36 bits per heavy atom. The highest BCUT2D eigenvalue weighted by atomic mass is 19.1. The zero-order valence-electron chi connectivity index (χ0n) is 17.6. The second-order valence-corrected chi connectivity index (χ2v) is 7.71. The second-order valence-electron chi connectivity index (χ2n) is 7.71. The third kappa shape index (κ3) is 5.23. The molecule has 1 aliphatic heterocycles. The van der Waals surface area contributed by atoms with Crippen molar-refractivity contribution < 1.29 is 23.2 Å². The van der Waals surface area contributed by atoms with E-state index in [2.05, 4.69) is 5.32 Å². The molecule has 1 fully saturated rings. The Bertz CT molecular complexity index is 1180. The van der Waals surface area contributed by atoms with Crippen LogP contribution in [0.4, 0.5) is 14.5 Å². The number of nitrogens with zero attached hydrogens (tertiary/aromatic N) is 2. The molecule has 1 N–H and O–H groups in total. The molecule has 0 aromatic heterocycles. The molecule has 3 aromatic rings. The normalized spacial score (nSPS) is 13.9. The van der Waals surface area contributed by atoms with Crippen molar-refractivity contribution in [2.45, 2.75) is 13.1 Å². The quantitative estimate of drug-likeness (QED) is 0.585. The smallest absolute Gasteiger partial charge is 0.312 e. The Hall–Kier alpha value is -4.07. The van der Waals surface area contributed by atoms with E-state index in [-0.39, 0.29) is 17.8 Å². The van der Waals surface area contributed by atoms with Crippen molar-refractivity contribution in [1.82, 2.24) is 9.80 Å². The fourth-order valence-corrected chi connectivity index (χ4v) is 3.59. The SMILES string of the molecule is O=C(Nc1ccc(F)cc1F)c1ccc(CN2CCN(Cc3ccccc3)C(=O)C2=O)cc1. The van der Waals surface area contributed by atoms with Crippen LogP contribution in [-0.2, 0) is 22.7 Å². The van der Waals surface area contributed by atoms with Gasteiger partial charge in [0, 0.05) is 37.8 Å². The largest absolute Gasteiger partial charge is 0.328 e. The van der Waals surface area contributed by atoms with Gasteiger partial charge in [0.1, 0.15) is 11.6 Å². The lowest BCUT2D eigenvalue weighted by atomic mass is 10.1. The van der Waals surface area contributed by atoms with E-state index in [1.54, 1.807) is 24.3 Å². The number of carbonyl (C=O) groups is 3. The maximum absolute atomic E-state index is 13.7. The van der Waals surface area contributed by atoms with Crippen molar-refractivity contribution in [1.29, 1.82) is 0 Å². The molecule has 0 radical (unpaired) electrons. The van der Waals surface area contributed by atoms with Crippen LogP contribution < -0.4 is 5.32 Å². The Balaban J connectivity index is 1.35. The van der Waals surface area contributed by atoms with Crippen LogP contribution in [0.25, 0.3) is 0 Å². The molecule has 0 aliphatic carbocycles. The molecule has 3 aromatic carbocycles. The molecule has 33 heavy (non-hydrogen) atoms. The number of benzene rings is 3. The van der Waals surface area contributed by atoms with Gasteiger partial charge in [0.15, 0.2) is 0 Å². The number of anilines is 1. The van der Waals surface area contributed by atoms with Gasteiger partial charge in [-0.2, -0.15) is 0 Å². The van der Waals surface area contributed by atoms with Crippen LogP contribution in [0.15, 0.2) is 72.8 Å². The first kappa shape index (κ1) is 22.1. The number of hydrogen-bond donors (Lipinski definition) is 1. The molecule has 4 rings (SSSR count). The monoisotopic (exact) mass is 449 g/mol. The van der Waals surface area contributed by atoms with Gasteiger partial charge in [0.25, 0.3) is 5.91 Å². The van der Waals surface area contributed by atoms with Crippen molar-refractivity contribution in [3.8, 4) is 0 Å². The number of carbonyl (C=O) groups excluding carboxylic acids is 3. The molecule has 0 unspecified atom stereocenters. The molecule has 0 atom stereocenters. The third-order valence-electron chi connectivity index (χ3n) is 5.38. The molecule has 8 heteroatoms. The predicted molar refractivity (Wildman–Crippen MR) is 118 cm³/mol. The highest BCUT2D eigenvalue weighted by Gasteiger charge is 2.32. The lowest BCUT2D eigenvalue weighted by Crippen LogP contribution is -2.53. The molecule has 168 valence electrons. The summed E-state index contributed by atoms with van der Waals surface area (Å²) in [5.41, 5.74) is 1.86. The van der Waals surface area contributed by atoms with Gasteiger partial charge >= 0.3 is 11.8 Å². The van der Waals surface area contributed by atoms with Crippen molar-refractivity contribution in [3.63, 3.8) is 0 Å². The molecular formula is C25H21F2N3O3. The molecule has 1 heterocycles. The number of piperazine rings is 1. The Morgan fingerprint density at radius 1 is 0.788 bits per heavy atom. The average molecular weight is 449 g/mol. The van der Waals surface area contributed by atoms with Gasteiger partial charge in [-0.3, -0.25) is 14.4 Å². The Kier molecular flexibility index (Phi) is 6.44. The summed E-state index contributed by atoms with van der Waals surface area (Å²) in [4.78, 5) is 40.5. The van der Waals surface area contributed by atoms with Crippen LogP contribution in [0, 0.1) is 11.6 Å². The minimum absolute atomic E-state index is 0.122. The summed E-state index contributed by atoms with van der Waals surface area (Å²) in [6.45, 7) is 1.46. The minimum Gasteiger partial charge on any atom is -0.328 e. The highest BCUT2D eigenvalue weighted by molar-refractivity contribution is 6.35. The topological polar surface area (TPSA) is 69.7 Å². The first-order valence-electron chi connectivity index (χ1n) is 10.4. The molecular weight excluding hydrogens is 428 g/mol. The summed E-state index contributed by atoms with van der Waals surface area (Å²) in [7, 11) is 0. The first-order valence-corrected chi connectivity index (χ1v) is 10.4. The van der Waals surface area contributed by atoms with Gasteiger partial charge in [-0.05, 0) is 35.4 Å². The number of halogens is 2.